The Kier molecular flexibility index (Phi) is 7.22. The van der Waals surface area contributed by atoms with Crippen molar-refractivity contribution in [2.45, 2.75) is 13.5 Å². The maximum absolute atomic E-state index is 13.1. The van der Waals surface area contributed by atoms with Crippen molar-refractivity contribution >= 4 is 41.2 Å². The molecule has 2 aromatic carbocycles. The van der Waals surface area contributed by atoms with Gasteiger partial charge in [-0.2, -0.15) is 5.10 Å². The maximum Gasteiger partial charge on any atom is 0.267 e. The molecule has 1 aromatic heterocycles. The van der Waals surface area contributed by atoms with Gasteiger partial charge < -0.3 is 9.15 Å². The van der Waals surface area contributed by atoms with Gasteiger partial charge in [0.25, 0.3) is 5.91 Å². The third-order valence-corrected chi connectivity index (χ3v) is 5.79. The Morgan fingerprint density at radius 2 is 1.85 bits per heavy atom. The number of nitrogens with zero attached hydrogens (tertiary/aromatic N) is 3. The summed E-state index contributed by atoms with van der Waals surface area (Å²) in [6.07, 6.45) is 7.13. The Morgan fingerprint density at radius 1 is 1.06 bits per heavy atom. The number of hydrogen-bond donors (Lipinski definition) is 0. The molecule has 1 aliphatic heterocycles. The zero-order valence-corrected chi connectivity index (χ0v) is 19.2. The van der Waals surface area contributed by atoms with Crippen molar-refractivity contribution in [2.24, 2.45) is 10.2 Å². The molecule has 1 amide bonds. The molecule has 1 fully saturated rings. The van der Waals surface area contributed by atoms with Crippen molar-refractivity contribution in [1.82, 2.24) is 4.90 Å². The van der Waals surface area contributed by atoms with E-state index in [0.29, 0.717) is 15.8 Å². The van der Waals surface area contributed by atoms with Crippen LogP contribution in [0.1, 0.15) is 23.8 Å². The first kappa shape index (κ1) is 22.4. The standard InChI is InChI=1S/C26H23N3O3S/c1-19(15-20-7-4-3-5-8-20)17-27-28-26-29(18-23-9-6-14-32-23)25(30)24(33-26)16-21-10-12-22(31-2)13-11-21/h3-17H,18H2,1-2H3/b19-15+,24-16-,27-17+,28-26-. The zero-order chi connectivity index (χ0) is 23.0. The number of ether oxygens (including phenoxy) is 1. The number of benzene rings is 2. The highest BCUT2D eigenvalue weighted by molar-refractivity contribution is 8.18. The summed E-state index contributed by atoms with van der Waals surface area (Å²) in [6, 6.07) is 21.2. The van der Waals surface area contributed by atoms with E-state index >= 15 is 0 Å². The second-order valence-electron chi connectivity index (χ2n) is 7.28. The van der Waals surface area contributed by atoms with Gasteiger partial charge in [-0.1, -0.05) is 48.5 Å². The molecule has 2 heterocycles. The van der Waals surface area contributed by atoms with Crippen molar-refractivity contribution in [3.05, 3.63) is 100 Å². The smallest absolute Gasteiger partial charge is 0.267 e. The molecule has 166 valence electrons. The molecule has 0 N–H and O–H groups in total. The van der Waals surface area contributed by atoms with Crippen LogP contribution in [0.2, 0.25) is 0 Å². The molecular weight excluding hydrogens is 434 g/mol. The fraction of sp³-hybridized carbons (Fsp3) is 0.115. The number of rotatable bonds is 7. The predicted octanol–water partition coefficient (Wildman–Crippen LogP) is 5.85. The van der Waals surface area contributed by atoms with Gasteiger partial charge in [-0.3, -0.25) is 9.69 Å². The SMILES string of the molecule is COc1ccc(/C=C2\S\C(=N/N=C/C(C)=C/c3ccccc3)N(Cc3ccco3)C2=O)cc1. The van der Waals surface area contributed by atoms with E-state index in [-0.39, 0.29) is 12.5 Å². The Bertz CT molecular complexity index is 1210. The largest absolute Gasteiger partial charge is 0.497 e. The van der Waals surface area contributed by atoms with Gasteiger partial charge in [-0.15, -0.1) is 5.10 Å². The number of amides is 1. The molecule has 7 heteroatoms. The summed E-state index contributed by atoms with van der Waals surface area (Å²) in [5, 5.41) is 9.08. The Hall–Kier alpha value is -3.84. The Labute approximate surface area is 197 Å². The summed E-state index contributed by atoms with van der Waals surface area (Å²) in [6.45, 7) is 2.24. The van der Waals surface area contributed by atoms with Crippen molar-refractivity contribution in [3.63, 3.8) is 0 Å². The van der Waals surface area contributed by atoms with Gasteiger partial charge >= 0.3 is 0 Å². The first-order chi connectivity index (χ1) is 16.1. The lowest BCUT2D eigenvalue weighted by molar-refractivity contribution is -0.122. The van der Waals surface area contributed by atoms with Gasteiger partial charge in [0.1, 0.15) is 11.5 Å². The molecule has 33 heavy (non-hydrogen) atoms. The summed E-state index contributed by atoms with van der Waals surface area (Å²) < 4.78 is 10.6. The summed E-state index contributed by atoms with van der Waals surface area (Å²) >= 11 is 1.29. The van der Waals surface area contributed by atoms with Gasteiger partial charge in [-0.05, 0) is 65.7 Å². The average Bonchev–Trinajstić information content (AvgIpc) is 3.44. The van der Waals surface area contributed by atoms with Crippen LogP contribution < -0.4 is 4.74 Å². The molecule has 0 unspecified atom stereocenters. The fourth-order valence-corrected chi connectivity index (χ4v) is 4.09. The van der Waals surface area contributed by atoms with Crippen LogP contribution >= 0.6 is 11.8 Å². The number of carbonyl (C=O) groups excluding carboxylic acids is 1. The minimum Gasteiger partial charge on any atom is -0.497 e. The van der Waals surface area contributed by atoms with Crippen LogP contribution in [-0.4, -0.2) is 29.3 Å². The number of furan rings is 1. The molecule has 4 rings (SSSR count). The molecular formula is C26H23N3O3S. The van der Waals surface area contributed by atoms with E-state index < -0.39 is 0 Å². The van der Waals surface area contributed by atoms with E-state index in [9.17, 15) is 4.79 Å². The van der Waals surface area contributed by atoms with E-state index in [4.69, 9.17) is 9.15 Å². The first-order valence-electron chi connectivity index (χ1n) is 10.3. The second-order valence-corrected chi connectivity index (χ2v) is 8.29. The minimum atomic E-state index is -0.141. The van der Waals surface area contributed by atoms with Crippen LogP contribution in [0.5, 0.6) is 5.75 Å². The van der Waals surface area contributed by atoms with Crippen LogP contribution in [0.4, 0.5) is 0 Å². The molecule has 0 bridgehead atoms. The van der Waals surface area contributed by atoms with Crippen LogP contribution in [0.15, 0.2) is 98.1 Å². The van der Waals surface area contributed by atoms with Crippen LogP contribution in [0, 0.1) is 0 Å². The zero-order valence-electron chi connectivity index (χ0n) is 18.3. The number of methoxy groups -OCH3 is 1. The van der Waals surface area contributed by atoms with E-state index in [1.54, 1.807) is 30.6 Å². The van der Waals surface area contributed by atoms with E-state index in [1.165, 1.54) is 11.8 Å². The van der Waals surface area contributed by atoms with Gasteiger partial charge in [-0.25, -0.2) is 0 Å². The predicted molar refractivity (Wildman–Crippen MR) is 134 cm³/mol. The molecule has 0 atom stereocenters. The lowest BCUT2D eigenvalue weighted by Gasteiger charge is -2.12. The van der Waals surface area contributed by atoms with Crippen molar-refractivity contribution in [2.75, 3.05) is 7.11 Å². The quantitative estimate of drug-likeness (QED) is 0.254. The van der Waals surface area contributed by atoms with E-state index in [1.807, 2.05) is 79.7 Å². The molecule has 1 aliphatic rings. The number of hydrogen-bond acceptors (Lipinski definition) is 6. The molecule has 0 aliphatic carbocycles. The highest BCUT2D eigenvalue weighted by atomic mass is 32.2. The first-order valence-corrected chi connectivity index (χ1v) is 11.2. The Morgan fingerprint density at radius 3 is 2.55 bits per heavy atom. The van der Waals surface area contributed by atoms with Crippen molar-refractivity contribution < 1.29 is 13.9 Å². The second kappa shape index (κ2) is 10.7. The fourth-order valence-electron chi connectivity index (χ4n) is 3.15. The number of carbonyl (C=O) groups is 1. The lowest BCUT2D eigenvalue weighted by Crippen LogP contribution is -2.28. The van der Waals surface area contributed by atoms with Crippen LogP contribution in [0.3, 0.4) is 0 Å². The number of thioether (sulfide) groups is 1. The summed E-state index contributed by atoms with van der Waals surface area (Å²) in [5.41, 5.74) is 2.94. The van der Waals surface area contributed by atoms with Gasteiger partial charge in [0.15, 0.2) is 5.17 Å². The summed E-state index contributed by atoms with van der Waals surface area (Å²) in [5.74, 6) is 1.29. The van der Waals surface area contributed by atoms with Crippen molar-refractivity contribution in [3.8, 4) is 5.75 Å². The topological polar surface area (TPSA) is 67.4 Å². The highest BCUT2D eigenvalue weighted by Gasteiger charge is 2.34. The van der Waals surface area contributed by atoms with Gasteiger partial charge in [0.2, 0.25) is 0 Å². The third kappa shape index (κ3) is 5.90. The summed E-state index contributed by atoms with van der Waals surface area (Å²) in [4.78, 5) is 15.3. The molecule has 0 saturated carbocycles. The highest BCUT2D eigenvalue weighted by Crippen LogP contribution is 2.34. The summed E-state index contributed by atoms with van der Waals surface area (Å²) in [7, 11) is 1.62. The molecule has 6 nitrogen and oxygen atoms in total. The van der Waals surface area contributed by atoms with Gasteiger partial charge in [0.05, 0.1) is 31.0 Å². The van der Waals surface area contributed by atoms with E-state index in [2.05, 4.69) is 10.2 Å². The van der Waals surface area contributed by atoms with Crippen LogP contribution in [-0.2, 0) is 11.3 Å². The van der Waals surface area contributed by atoms with Crippen molar-refractivity contribution in [1.29, 1.82) is 0 Å². The number of allylic oxidation sites excluding steroid dienone is 1. The van der Waals surface area contributed by atoms with Crippen LogP contribution in [0.25, 0.3) is 12.2 Å². The van der Waals surface area contributed by atoms with E-state index in [0.717, 1.165) is 22.4 Å². The normalized spacial score (nSPS) is 17.0. The Balaban J connectivity index is 1.57. The monoisotopic (exact) mass is 457 g/mol. The van der Waals surface area contributed by atoms with Gasteiger partial charge in [0, 0.05) is 0 Å². The minimum absolute atomic E-state index is 0.141. The average molecular weight is 458 g/mol. The maximum atomic E-state index is 13.1. The molecule has 0 radical (unpaired) electrons. The molecule has 0 spiro atoms. The molecule has 3 aromatic rings. The lowest BCUT2D eigenvalue weighted by atomic mass is 10.1. The third-order valence-electron chi connectivity index (χ3n) is 4.79. The molecule has 1 saturated heterocycles. The number of amidine groups is 1.